The zero-order chi connectivity index (χ0) is 19.9. The van der Waals surface area contributed by atoms with E-state index in [1.165, 1.54) is 18.2 Å². The molecule has 0 fully saturated rings. The molecular formula is C9H15AlO12S3. The average molecular weight is 438 g/mol. The van der Waals surface area contributed by atoms with E-state index in [-0.39, 0.29) is 37.2 Å². The Morgan fingerprint density at radius 3 is 0.800 bits per heavy atom. The fourth-order valence-corrected chi connectivity index (χ4v) is 1.18. The van der Waals surface area contributed by atoms with Gasteiger partial charge in [-0.3, -0.25) is 12.5 Å². The quantitative estimate of drug-likeness (QED) is 0.176. The van der Waals surface area contributed by atoms with Crippen molar-refractivity contribution in [2.45, 2.75) is 0 Å². The van der Waals surface area contributed by atoms with Crippen LogP contribution in [0.25, 0.3) is 0 Å². The SMILES string of the molecule is C=CCOS(=O)(=O)[O-].C=CCOS(=O)(=O)[O-].C=CCOS(=O)(=O)[O-].[Al+3]. The van der Waals surface area contributed by atoms with Gasteiger partial charge in [-0.1, -0.05) is 18.2 Å². The summed E-state index contributed by atoms with van der Waals surface area (Å²) in [5.41, 5.74) is 0. The van der Waals surface area contributed by atoms with E-state index in [1.807, 2.05) is 0 Å². The van der Waals surface area contributed by atoms with Gasteiger partial charge < -0.3 is 13.7 Å². The Balaban J connectivity index is -0.000000130. The molecule has 0 bridgehead atoms. The smallest absolute Gasteiger partial charge is 0.726 e. The molecule has 0 saturated heterocycles. The summed E-state index contributed by atoms with van der Waals surface area (Å²) in [5.74, 6) is 0. The molecule has 0 aromatic carbocycles. The molecule has 0 rings (SSSR count). The van der Waals surface area contributed by atoms with E-state index in [1.54, 1.807) is 0 Å². The van der Waals surface area contributed by atoms with Gasteiger partial charge in [-0.2, -0.15) is 0 Å². The van der Waals surface area contributed by atoms with Crippen LogP contribution in [-0.4, -0.2) is 76.1 Å². The molecule has 0 amide bonds. The summed E-state index contributed by atoms with van der Waals surface area (Å²) < 4.78 is 97.1. The minimum absolute atomic E-state index is 0. The molecule has 0 N–H and O–H groups in total. The fourth-order valence-electron chi connectivity index (χ4n) is 0.394. The standard InChI is InChI=1S/3C3H6O4S.Al/c3*1-2-3-7-8(4,5)6;/h3*2H,1,3H2,(H,4,5,6);/q;;;+3/p-3. The molecular weight excluding hydrogens is 423 g/mol. The first-order valence-electron chi connectivity index (χ1n) is 5.32. The molecule has 25 heavy (non-hydrogen) atoms. The van der Waals surface area contributed by atoms with Crippen LogP contribution in [0.3, 0.4) is 0 Å². The van der Waals surface area contributed by atoms with Gasteiger partial charge in [0.2, 0.25) is 31.2 Å². The molecule has 0 saturated carbocycles. The first-order valence-corrected chi connectivity index (χ1v) is 9.32. The van der Waals surface area contributed by atoms with E-state index in [4.69, 9.17) is 0 Å². The molecule has 144 valence electrons. The molecule has 0 heterocycles. The first-order chi connectivity index (χ1) is 10.7. The van der Waals surface area contributed by atoms with E-state index in [0.717, 1.165) is 0 Å². The molecule has 12 nitrogen and oxygen atoms in total. The Labute approximate surface area is 157 Å². The largest absolute Gasteiger partial charge is 3.00 e. The van der Waals surface area contributed by atoms with Crippen molar-refractivity contribution in [3.63, 3.8) is 0 Å². The monoisotopic (exact) mass is 438 g/mol. The second-order valence-electron chi connectivity index (χ2n) is 2.94. The number of rotatable bonds is 9. The molecule has 0 spiro atoms. The van der Waals surface area contributed by atoms with Crippen molar-refractivity contribution in [3.8, 4) is 0 Å². The van der Waals surface area contributed by atoms with E-state index in [2.05, 4.69) is 32.3 Å². The predicted molar refractivity (Wildman–Crippen MR) is 83.3 cm³/mol. The number of hydrogen-bond donors (Lipinski definition) is 0. The maximum Gasteiger partial charge on any atom is 3.00 e. The zero-order valence-electron chi connectivity index (χ0n) is 12.7. The molecule has 0 aliphatic heterocycles. The zero-order valence-corrected chi connectivity index (χ0v) is 16.3. The summed E-state index contributed by atoms with van der Waals surface area (Å²) in [5, 5.41) is 0. The minimum Gasteiger partial charge on any atom is -0.726 e. The summed E-state index contributed by atoms with van der Waals surface area (Å²) in [6.07, 6.45) is 3.53. The van der Waals surface area contributed by atoms with Gasteiger partial charge in [-0.05, 0) is 0 Å². The Hall–Kier alpha value is -0.638. The Kier molecular flexibility index (Phi) is 21.6. The van der Waals surface area contributed by atoms with Crippen molar-refractivity contribution < 1.29 is 51.5 Å². The van der Waals surface area contributed by atoms with Crippen LogP contribution in [0.15, 0.2) is 38.0 Å². The van der Waals surface area contributed by atoms with E-state index >= 15 is 0 Å². The summed E-state index contributed by atoms with van der Waals surface area (Å²) in [7, 11) is -13.5. The van der Waals surface area contributed by atoms with E-state index in [0.29, 0.717) is 0 Å². The van der Waals surface area contributed by atoms with Gasteiger partial charge in [-0.15, -0.1) is 19.7 Å². The van der Waals surface area contributed by atoms with Crippen LogP contribution >= 0.6 is 0 Å². The molecule has 0 aromatic rings. The molecule has 16 heteroatoms. The molecule has 0 radical (unpaired) electrons. The van der Waals surface area contributed by atoms with Crippen LogP contribution in [0.2, 0.25) is 0 Å². The Morgan fingerprint density at radius 1 is 0.600 bits per heavy atom. The summed E-state index contributed by atoms with van der Waals surface area (Å²) >= 11 is 0. The summed E-state index contributed by atoms with van der Waals surface area (Å²) in [4.78, 5) is 0. The van der Waals surface area contributed by atoms with Crippen LogP contribution in [0.4, 0.5) is 0 Å². The van der Waals surface area contributed by atoms with Crippen molar-refractivity contribution >= 4 is 48.6 Å². The van der Waals surface area contributed by atoms with Crippen molar-refractivity contribution in [2.75, 3.05) is 19.8 Å². The van der Waals surface area contributed by atoms with Crippen molar-refractivity contribution in [1.29, 1.82) is 0 Å². The Morgan fingerprint density at radius 2 is 0.760 bits per heavy atom. The number of hydrogen-bond acceptors (Lipinski definition) is 12. The van der Waals surface area contributed by atoms with Crippen LogP contribution < -0.4 is 0 Å². The average Bonchev–Trinajstić information content (AvgIpc) is 2.39. The molecule has 0 aromatic heterocycles. The maximum absolute atomic E-state index is 9.56. The second-order valence-corrected chi connectivity index (χ2v) is 6.10. The van der Waals surface area contributed by atoms with Gasteiger partial charge in [0.1, 0.15) is 0 Å². The maximum atomic E-state index is 9.56. The van der Waals surface area contributed by atoms with Gasteiger partial charge in [-0.25, -0.2) is 25.3 Å². The Bertz CT molecular complexity index is 570. The molecule has 0 aliphatic rings. The molecule has 0 unspecified atom stereocenters. The van der Waals surface area contributed by atoms with Gasteiger partial charge in [0.15, 0.2) is 0 Å². The normalized spacial score (nSPS) is 10.7. The van der Waals surface area contributed by atoms with Gasteiger partial charge >= 0.3 is 17.4 Å². The summed E-state index contributed by atoms with van der Waals surface area (Å²) in [6.45, 7) is 8.63. The van der Waals surface area contributed by atoms with Crippen molar-refractivity contribution in [2.24, 2.45) is 0 Å². The predicted octanol–water partition coefficient (Wildman–Crippen LogP) is -1.43. The van der Waals surface area contributed by atoms with Gasteiger partial charge in [0, 0.05) is 0 Å². The van der Waals surface area contributed by atoms with E-state index < -0.39 is 31.2 Å². The minimum atomic E-state index is -4.51. The summed E-state index contributed by atoms with van der Waals surface area (Å²) in [6, 6.07) is 0. The van der Waals surface area contributed by atoms with Gasteiger partial charge in [0.25, 0.3) is 0 Å². The van der Waals surface area contributed by atoms with Gasteiger partial charge in [0.05, 0.1) is 19.8 Å². The van der Waals surface area contributed by atoms with Crippen LogP contribution in [0.5, 0.6) is 0 Å². The molecule has 0 aliphatic carbocycles. The second kappa shape index (κ2) is 16.8. The van der Waals surface area contributed by atoms with Crippen molar-refractivity contribution in [3.05, 3.63) is 38.0 Å². The van der Waals surface area contributed by atoms with Crippen LogP contribution in [-0.2, 0) is 43.7 Å². The molecule has 0 atom stereocenters. The third-order valence-corrected chi connectivity index (χ3v) is 2.26. The van der Waals surface area contributed by atoms with Crippen LogP contribution in [0.1, 0.15) is 0 Å². The third-order valence-electron chi connectivity index (χ3n) is 0.991. The first kappa shape index (κ1) is 32.1. The van der Waals surface area contributed by atoms with E-state index in [9.17, 15) is 38.9 Å². The van der Waals surface area contributed by atoms with Crippen molar-refractivity contribution in [1.82, 2.24) is 0 Å². The topological polar surface area (TPSA) is 199 Å². The third kappa shape index (κ3) is 51.7. The fraction of sp³-hybridized carbons (Fsp3) is 0.333. The van der Waals surface area contributed by atoms with Crippen LogP contribution in [0, 0.1) is 0 Å².